The predicted molar refractivity (Wildman–Crippen MR) is 105 cm³/mol. The van der Waals surface area contributed by atoms with E-state index in [-0.39, 0.29) is 18.4 Å². The zero-order chi connectivity index (χ0) is 19.1. The Morgan fingerprint density at radius 2 is 1.78 bits per heavy atom. The number of likely N-dealkylation sites (tertiary alicyclic amines) is 2. The van der Waals surface area contributed by atoms with E-state index in [4.69, 9.17) is 4.74 Å². The summed E-state index contributed by atoms with van der Waals surface area (Å²) < 4.78 is 4.94. The summed E-state index contributed by atoms with van der Waals surface area (Å²) in [6, 6.07) is 10.9. The number of methoxy groups -OCH3 is 1. The highest BCUT2D eigenvalue weighted by atomic mass is 16.5. The van der Waals surface area contributed by atoms with Crippen molar-refractivity contribution in [3.05, 3.63) is 35.9 Å². The first kappa shape index (κ1) is 19.9. The molecule has 0 aromatic heterocycles. The van der Waals surface area contributed by atoms with Crippen LogP contribution in [-0.2, 0) is 20.7 Å². The van der Waals surface area contributed by atoms with Gasteiger partial charge in [-0.3, -0.25) is 9.59 Å². The second-order valence-corrected chi connectivity index (χ2v) is 7.79. The molecule has 2 amide bonds. The molecule has 1 aromatic carbocycles. The molecule has 1 aromatic rings. The number of aryl methyl sites for hydroxylation is 1. The number of ether oxygens (including phenoxy) is 1. The molecule has 3 rings (SSSR count). The molecule has 2 heterocycles. The number of amides is 2. The molecule has 0 spiro atoms. The number of piperidine rings is 2. The molecule has 0 radical (unpaired) electrons. The van der Waals surface area contributed by atoms with E-state index < -0.39 is 0 Å². The lowest BCUT2D eigenvalue weighted by molar-refractivity contribution is -0.144. The van der Waals surface area contributed by atoms with Crippen LogP contribution >= 0.6 is 0 Å². The van der Waals surface area contributed by atoms with E-state index in [1.807, 2.05) is 11.0 Å². The van der Waals surface area contributed by atoms with Crippen molar-refractivity contribution in [2.24, 2.45) is 5.92 Å². The normalized spacial score (nSPS) is 21.3. The Hall–Kier alpha value is -1.88. The van der Waals surface area contributed by atoms with Crippen LogP contribution in [0.2, 0.25) is 0 Å². The summed E-state index contributed by atoms with van der Waals surface area (Å²) in [6.07, 6.45) is 7.06. The maximum atomic E-state index is 13.2. The lowest BCUT2D eigenvalue weighted by Crippen LogP contribution is -2.49. The average Bonchev–Trinajstić information content (AvgIpc) is 2.73. The van der Waals surface area contributed by atoms with E-state index in [1.165, 1.54) is 12.0 Å². The summed E-state index contributed by atoms with van der Waals surface area (Å²) >= 11 is 0. The molecule has 27 heavy (non-hydrogen) atoms. The van der Waals surface area contributed by atoms with Crippen molar-refractivity contribution in [3.8, 4) is 0 Å². The van der Waals surface area contributed by atoms with Crippen LogP contribution in [0.15, 0.2) is 30.3 Å². The summed E-state index contributed by atoms with van der Waals surface area (Å²) in [4.78, 5) is 29.1. The highest BCUT2D eigenvalue weighted by molar-refractivity contribution is 5.81. The quantitative estimate of drug-likeness (QED) is 0.771. The number of carbonyl (C=O) groups is 2. The fraction of sp³-hybridized carbons (Fsp3) is 0.636. The van der Waals surface area contributed by atoms with Crippen molar-refractivity contribution in [1.82, 2.24) is 9.80 Å². The van der Waals surface area contributed by atoms with Crippen LogP contribution in [0.3, 0.4) is 0 Å². The fourth-order valence-corrected chi connectivity index (χ4v) is 4.39. The van der Waals surface area contributed by atoms with Crippen LogP contribution in [0.5, 0.6) is 0 Å². The zero-order valence-corrected chi connectivity index (χ0v) is 16.4. The van der Waals surface area contributed by atoms with Crippen LogP contribution in [0.25, 0.3) is 0 Å². The molecule has 148 valence electrons. The molecule has 0 aliphatic carbocycles. The van der Waals surface area contributed by atoms with Gasteiger partial charge in [0, 0.05) is 38.7 Å². The first-order valence-electron chi connectivity index (χ1n) is 10.3. The molecule has 2 aliphatic heterocycles. The second-order valence-electron chi connectivity index (χ2n) is 7.79. The molecule has 1 atom stereocenters. The van der Waals surface area contributed by atoms with Gasteiger partial charge in [0.25, 0.3) is 0 Å². The van der Waals surface area contributed by atoms with Gasteiger partial charge in [-0.25, -0.2) is 0 Å². The molecule has 5 nitrogen and oxygen atoms in total. The molecule has 0 bridgehead atoms. The molecule has 0 unspecified atom stereocenters. The number of hydrogen-bond donors (Lipinski definition) is 0. The molecular weight excluding hydrogens is 340 g/mol. The minimum atomic E-state index is 0.0297. The topological polar surface area (TPSA) is 49.9 Å². The van der Waals surface area contributed by atoms with E-state index in [1.54, 1.807) is 7.11 Å². The van der Waals surface area contributed by atoms with Crippen molar-refractivity contribution in [1.29, 1.82) is 0 Å². The van der Waals surface area contributed by atoms with Crippen LogP contribution in [0.1, 0.15) is 44.1 Å². The van der Waals surface area contributed by atoms with Crippen LogP contribution in [0.4, 0.5) is 0 Å². The maximum Gasteiger partial charge on any atom is 0.248 e. The van der Waals surface area contributed by atoms with Crippen LogP contribution in [-0.4, -0.2) is 61.0 Å². The van der Waals surface area contributed by atoms with Gasteiger partial charge in [-0.05, 0) is 50.5 Å². The van der Waals surface area contributed by atoms with Gasteiger partial charge < -0.3 is 14.5 Å². The number of hydrogen-bond acceptors (Lipinski definition) is 3. The fourth-order valence-electron chi connectivity index (χ4n) is 4.39. The third-order valence-corrected chi connectivity index (χ3v) is 5.98. The van der Waals surface area contributed by atoms with E-state index >= 15 is 0 Å². The molecule has 5 heteroatoms. The van der Waals surface area contributed by atoms with Gasteiger partial charge in [0.2, 0.25) is 11.8 Å². The predicted octanol–water partition coefficient (Wildman–Crippen LogP) is 2.89. The number of nitrogens with zero attached hydrogens (tertiary/aromatic N) is 2. The first-order chi connectivity index (χ1) is 13.2. The number of rotatable bonds is 6. The van der Waals surface area contributed by atoms with Crippen molar-refractivity contribution >= 4 is 11.8 Å². The third-order valence-electron chi connectivity index (χ3n) is 5.98. The zero-order valence-electron chi connectivity index (χ0n) is 16.4. The lowest BCUT2D eigenvalue weighted by atomic mass is 9.90. The second kappa shape index (κ2) is 9.88. The van der Waals surface area contributed by atoms with Gasteiger partial charge in [0.1, 0.15) is 6.61 Å². The monoisotopic (exact) mass is 372 g/mol. The number of carbonyl (C=O) groups excluding carboxylic acids is 2. The van der Waals surface area contributed by atoms with Gasteiger partial charge >= 0.3 is 0 Å². The summed E-state index contributed by atoms with van der Waals surface area (Å²) in [5, 5.41) is 0. The molecular formula is C22H32N2O3. The summed E-state index contributed by atoms with van der Waals surface area (Å²) in [7, 11) is 1.54. The molecule has 2 aliphatic rings. The Bertz CT molecular complexity index is 611. The maximum absolute atomic E-state index is 13.2. The van der Waals surface area contributed by atoms with Crippen molar-refractivity contribution in [3.63, 3.8) is 0 Å². The SMILES string of the molecule is COCC(=O)N1CCC(C(=O)N2CCCC[C@@H]2CCc2ccccc2)CC1. The smallest absolute Gasteiger partial charge is 0.248 e. The molecule has 2 fully saturated rings. The average molecular weight is 373 g/mol. The Morgan fingerprint density at radius 3 is 2.48 bits per heavy atom. The van der Waals surface area contributed by atoms with Crippen LogP contribution < -0.4 is 0 Å². The van der Waals surface area contributed by atoms with Gasteiger partial charge in [0.15, 0.2) is 0 Å². The van der Waals surface area contributed by atoms with E-state index in [9.17, 15) is 9.59 Å². The summed E-state index contributed by atoms with van der Waals surface area (Å²) in [5.41, 5.74) is 1.35. The van der Waals surface area contributed by atoms with Gasteiger partial charge in [-0.1, -0.05) is 30.3 Å². The van der Waals surface area contributed by atoms with E-state index in [0.717, 1.165) is 45.1 Å². The Kier molecular flexibility index (Phi) is 7.27. The molecule has 0 N–H and O–H groups in total. The Labute approximate surface area is 162 Å². The number of benzene rings is 1. The van der Waals surface area contributed by atoms with Gasteiger partial charge in [-0.2, -0.15) is 0 Å². The third kappa shape index (κ3) is 5.32. The summed E-state index contributed by atoms with van der Waals surface area (Å²) in [6.45, 7) is 2.36. The highest BCUT2D eigenvalue weighted by Crippen LogP contribution is 2.27. The van der Waals surface area contributed by atoms with Gasteiger partial charge in [-0.15, -0.1) is 0 Å². The Balaban J connectivity index is 1.53. The standard InChI is InChI=1S/C22H32N2O3/c1-27-17-21(25)23-15-12-19(13-16-23)22(26)24-14-6-5-9-20(24)11-10-18-7-3-2-4-8-18/h2-4,7-8,19-20H,5-6,9-17H2,1H3/t20-/m1/s1. The summed E-state index contributed by atoms with van der Waals surface area (Å²) in [5.74, 6) is 0.405. The van der Waals surface area contributed by atoms with Gasteiger partial charge in [0.05, 0.1) is 0 Å². The van der Waals surface area contributed by atoms with E-state index in [2.05, 4.69) is 29.2 Å². The lowest BCUT2D eigenvalue weighted by Gasteiger charge is -2.40. The Morgan fingerprint density at radius 1 is 1.04 bits per heavy atom. The van der Waals surface area contributed by atoms with Crippen molar-refractivity contribution in [2.45, 2.75) is 51.0 Å². The highest BCUT2D eigenvalue weighted by Gasteiger charge is 2.34. The molecule has 0 saturated carbocycles. The van der Waals surface area contributed by atoms with E-state index in [0.29, 0.717) is 25.0 Å². The minimum Gasteiger partial charge on any atom is -0.375 e. The first-order valence-corrected chi connectivity index (χ1v) is 10.3. The van der Waals surface area contributed by atoms with Crippen molar-refractivity contribution < 1.29 is 14.3 Å². The minimum absolute atomic E-state index is 0.0297. The largest absolute Gasteiger partial charge is 0.375 e. The molecule has 2 saturated heterocycles. The van der Waals surface area contributed by atoms with Crippen LogP contribution in [0, 0.1) is 5.92 Å². The van der Waals surface area contributed by atoms with Crippen molar-refractivity contribution in [2.75, 3.05) is 33.4 Å².